The molecule has 0 radical (unpaired) electrons. The Kier molecular flexibility index (Phi) is 10.4. The number of hydrogen-bond donors (Lipinski definition) is 3. The maximum absolute atomic E-state index is 15.3. The molecule has 5 heterocycles. The third-order valence-corrected chi connectivity index (χ3v) is 16.5. The molecular formula is C47H55N5O7Si. The lowest BCUT2D eigenvalue weighted by Gasteiger charge is -2.39. The summed E-state index contributed by atoms with van der Waals surface area (Å²) in [6.07, 6.45) is 1.16. The maximum atomic E-state index is 15.3. The van der Waals surface area contributed by atoms with Crippen molar-refractivity contribution in [1.29, 1.82) is 0 Å². The lowest BCUT2D eigenvalue weighted by molar-refractivity contribution is -0.151. The number of nitrogens with zero attached hydrogens (tertiary/aromatic N) is 4. The maximum Gasteiger partial charge on any atom is 0.264 e. The standard InChI is InChI=1S/C47H55N5O7Si/c1-31-43(60(3,4)57)41(26-42(54)49-28-34-13-9-8-12-33(34)24-37(49)29-53)59-47(31)39-25-38(58-2)17-18-40(39)50(45(47)56)27-32-11-10-16-36(23-32)51-30-52(35-14-6-5-7-15-35)46(44(51)55)19-21-48-22-20-46/h5-18,23,25,31,37,41,43,48,53,57H,19-22,24,26-30H2,1-4H3/t31-,37+,41+,43-,47+/m1/s1. The number of ether oxygens (including phenoxy) is 2. The van der Waals surface area contributed by atoms with E-state index in [2.05, 4.69) is 22.3 Å². The van der Waals surface area contributed by atoms with Crippen molar-refractivity contribution in [3.63, 3.8) is 0 Å². The highest BCUT2D eigenvalue weighted by Crippen LogP contribution is 2.60. The second-order valence-corrected chi connectivity index (χ2v) is 21.7. The second-order valence-electron chi connectivity index (χ2n) is 17.8. The number of rotatable bonds is 9. The average Bonchev–Trinajstić information content (AvgIpc) is 3.80. The van der Waals surface area contributed by atoms with Gasteiger partial charge in [0.05, 0.1) is 51.2 Å². The zero-order chi connectivity index (χ0) is 42.0. The monoisotopic (exact) mass is 829 g/mol. The van der Waals surface area contributed by atoms with E-state index < -0.39 is 37.0 Å². The highest BCUT2D eigenvalue weighted by Gasteiger charge is 2.66. The van der Waals surface area contributed by atoms with Crippen LogP contribution in [0.15, 0.2) is 97.1 Å². The van der Waals surface area contributed by atoms with Gasteiger partial charge in [0.25, 0.3) is 11.8 Å². The van der Waals surface area contributed by atoms with Gasteiger partial charge >= 0.3 is 0 Å². The van der Waals surface area contributed by atoms with Crippen molar-refractivity contribution in [2.45, 2.75) is 87.6 Å². The third kappa shape index (κ3) is 6.53. The van der Waals surface area contributed by atoms with E-state index in [-0.39, 0.29) is 43.3 Å². The highest BCUT2D eigenvalue weighted by atomic mass is 28.4. The molecule has 5 aliphatic heterocycles. The van der Waals surface area contributed by atoms with Crippen LogP contribution in [0.1, 0.15) is 48.4 Å². The molecule has 13 heteroatoms. The van der Waals surface area contributed by atoms with Crippen molar-refractivity contribution in [3.8, 4) is 5.75 Å². The van der Waals surface area contributed by atoms with Gasteiger partial charge in [0.1, 0.15) is 11.3 Å². The summed E-state index contributed by atoms with van der Waals surface area (Å²) in [7, 11) is -1.50. The topological polar surface area (TPSA) is 135 Å². The number of carbonyl (C=O) groups is 3. The van der Waals surface area contributed by atoms with Crippen LogP contribution in [0.25, 0.3) is 0 Å². The van der Waals surface area contributed by atoms with Crippen molar-refractivity contribution in [2.24, 2.45) is 5.92 Å². The summed E-state index contributed by atoms with van der Waals surface area (Å²) in [5, 5.41) is 13.8. The number of nitrogens with one attached hydrogen (secondary N) is 1. The van der Waals surface area contributed by atoms with Crippen molar-refractivity contribution in [3.05, 3.63) is 119 Å². The van der Waals surface area contributed by atoms with E-state index in [0.29, 0.717) is 49.5 Å². The molecule has 12 nitrogen and oxygen atoms in total. The van der Waals surface area contributed by atoms with Gasteiger partial charge in [-0.25, -0.2) is 0 Å². The number of benzene rings is 4. The Morgan fingerprint density at radius 2 is 1.63 bits per heavy atom. The van der Waals surface area contributed by atoms with Crippen molar-refractivity contribution in [2.75, 3.05) is 48.2 Å². The van der Waals surface area contributed by atoms with Gasteiger partial charge in [-0.05, 0) is 105 Å². The van der Waals surface area contributed by atoms with Gasteiger partial charge in [-0.2, -0.15) is 0 Å². The lowest BCUT2D eigenvalue weighted by atomic mass is 9.82. The fourth-order valence-corrected chi connectivity index (χ4v) is 13.6. The minimum absolute atomic E-state index is 0.0392. The van der Waals surface area contributed by atoms with Crippen LogP contribution >= 0.6 is 0 Å². The Labute approximate surface area is 352 Å². The van der Waals surface area contributed by atoms with E-state index in [1.54, 1.807) is 16.9 Å². The van der Waals surface area contributed by atoms with Gasteiger partial charge in [-0.15, -0.1) is 0 Å². The first-order chi connectivity index (χ1) is 28.9. The zero-order valence-electron chi connectivity index (χ0n) is 34.8. The van der Waals surface area contributed by atoms with E-state index >= 15 is 4.79 Å². The van der Waals surface area contributed by atoms with Crippen LogP contribution in [-0.4, -0.2) is 92.0 Å². The van der Waals surface area contributed by atoms with Crippen molar-refractivity contribution >= 4 is 43.1 Å². The van der Waals surface area contributed by atoms with Crippen LogP contribution in [-0.2, 0) is 44.2 Å². The van der Waals surface area contributed by atoms with E-state index in [0.717, 1.165) is 41.2 Å². The Balaban J connectivity index is 1.03. The number of anilines is 3. The SMILES string of the molecule is COc1ccc2c(c1)[C@]1(O[C@@H](CC(=O)N3Cc4ccccc4C[C@H]3CO)[C@H]([Si](C)(C)O)[C@H]1C)C(=O)N2Cc1cccc(N2CN(c3ccccc3)C3(CCNCC3)C2=O)c1. The Morgan fingerprint density at radius 1 is 0.917 bits per heavy atom. The number of para-hydroxylation sites is 1. The van der Waals surface area contributed by atoms with Crippen molar-refractivity contribution < 1.29 is 33.8 Å². The Hall–Kier alpha value is -5.05. The summed E-state index contributed by atoms with van der Waals surface area (Å²) in [5.41, 5.74) is 3.51. The first-order valence-electron chi connectivity index (χ1n) is 21.2. The zero-order valence-corrected chi connectivity index (χ0v) is 35.8. The molecule has 60 heavy (non-hydrogen) atoms. The molecule has 3 amide bonds. The van der Waals surface area contributed by atoms with E-state index in [1.165, 1.54) is 0 Å². The number of hydrogen-bond acceptors (Lipinski definition) is 9. The normalized spacial score (nSPS) is 26.0. The molecular weight excluding hydrogens is 775 g/mol. The number of carbonyl (C=O) groups excluding carboxylic acids is 3. The minimum atomic E-state index is -3.08. The summed E-state index contributed by atoms with van der Waals surface area (Å²) in [6, 6.07) is 31.2. The van der Waals surface area contributed by atoms with Gasteiger partial charge in [-0.3, -0.25) is 19.3 Å². The molecule has 2 spiro atoms. The first-order valence-corrected chi connectivity index (χ1v) is 24.2. The van der Waals surface area contributed by atoms with Gasteiger partial charge in [-0.1, -0.05) is 61.5 Å². The lowest BCUT2D eigenvalue weighted by Crippen LogP contribution is -2.55. The molecule has 9 rings (SSSR count). The van der Waals surface area contributed by atoms with E-state index in [9.17, 15) is 19.5 Å². The fourth-order valence-electron chi connectivity index (χ4n) is 11.0. The number of amides is 3. The molecule has 0 saturated carbocycles. The molecule has 0 aliphatic carbocycles. The number of fused-ring (bicyclic) bond motifs is 3. The second kappa shape index (κ2) is 15.4. The van der Waals surface area contributed by atoms with Crippen LogP contribution in [0.4, 0.5) is 17.1 Å². The van der Waals surface area contributed by atoms with Gasteiger partial charge in [0.15, 0.2) is 13.9 Å². The summed E-state index contributed by atoms with van der Waals surface area (Å²) in [5.74, 6) is -0.284. The van der Waals surface area contributed by atoms with Gasteiger partial charge in [0.2, 0.25) is 5.91 Å². The van der Waals surface area contributed by atoms with Gasteiger partial charge < -0.3 is 39.4 Å². The Bertz CT molecular complexity index is 2300. The molecule has 4 aromatic rings. The molecule has 5 aliphatic rings. The van der Waals surface area contributed by atoms with Gasteiger partial charge in [0, 0.05) is 34.9 Å². The molecule has 0 aromatic heterocycles. The molecule has 3 fully saturated rings. The quantitative estimate of drug-likeness (QED) is 0.192. The number of aliphatic hydroxyl groups is 1. The summed E-state index contributed by atoms with van der Waals surface area (Å²) >= 11 is 0. The number of aliphatic hydroxyl groups excluding tert-OH is 1. The summed E-state index contributed by atoms with van der Waals surface area (Å²) in [6.45, 7) is 8.01. The first kappa shape index (κ1) is 40.4. The van der Waals surface area contributed by atoms with E-state index in [1.807, 2.05) is 110 Å². The average molecular weight is 830 g/mol. The molecule has 3 saturated heterocycles. The fraction of sp³-hybridized carbons (Fsp3) is 0.426. The van der Waals surface area contributed by atoms with Crippen LogP contribution in [0, 0.1) is 5.92 Å². The van der Waals surface area contributed by atoms with E-state index in [4.69, 9.17) is 9.47 Å². The third-order valence-electron chi connectivity index (χ3n) is 14.0. The largest absolute Gasteiger partial charge is 0.497 e. The predicted octanol–water partition coefficient (Wildman–Crippen LogP) is 5.31. The molecule has 0 bridgehead atoms. The molecule has 5 atom stereocenters. The number of methoxy groups -OCH3 is 1. The van der Waals surface area contributed by atoms with Crippen molar-refractivity contribution in [1.82, 2.24) is 10.2 Å². The minimum Gasteiger partial charge on any atom is -0.497 e. The van der Waals surface area contributed by atoms with Crippen LogP contribution < -0.4 is 24.8 Å². The van der Waals surface area contributed by atoms with Crippen LogP contribution in [0.5, 0.6) is 5.75 Å². The predicted molar refractivity (Wildman–Crippen MR) is 232 cm³/mol. The summed E-state index contributed by atoms with van der Waals surface area (Å²) < 4.78 is 12.8. The molecule has 4 aromatic carbocycles. The van der Waals surface area contributed by atoms with Crippen LogP contribution in [0.3, 0.4) is 0 Å². The molecule has 0 unspecified atom stereocenters. The Morgan fingerprint density at radius 3 is 2.35 bits per heavy atom. The van der Waals surface area contributed by atoms with Crippen LogP contribution in [0.2, 0.25) is 18.6 Å². The summed E-state index contributed by atoms with van der Waals surface area (Å²) in [4.78, 5) is 63.7. The molecule has 314 valence electrons. The smallest absolute Gasteiger partial charge is 0.264 e. The highest BCUT2D eigenvalue weighted by molar-refractivity contribution is 6.71. The number of piperidine rings is 1. The molecule has 3 N–H and O–H groups in total.